The number of halogens is 1. The Kier molecular flexibility index (Phi) is 8.37. The van der Waals surface area contributed by atoms with Gasteiger partial charge in [0.2, 0.25) is 5.91 Å². The number of carbonyl (C=O) groups excluding carboxylic acids is 2. The minimum atomic E-state index is -0.329. The van der Waals surface area contributed by atoms with E-state index in [2.05, 4.69) is 15.3 Å². The number of carbonyl (C=O) groups is 2. The van der Waals surface area contributed by atoms with E-state index in [-0.39, 0.29) is 30.1 Å². The number of rotatable bonds is 10. The van der Waals surface area contributed by atoms with E-state index in [9.17, 15) is 14.0 Å². The van der Waals surface area contributed by atoms with Crippen LogP contribution < -0.4 is 10.2 Å². The normalized spacial score (nSPS) is 14.1. The van der Waals surface area contributed by atoms with Crippen molar-refractivity contribution in [3.05, 3.63) is 65.4 Å². The third-order valence-corrected chi connectivity index (χ3v) is 6.76. The Morgan fingerprint density at radius 3 is 2.76 bits per heavy atom. The lowest BCUT2D eigenvalue weighted by Gasteiger charge is -2.25. The fraction of sp³-hybridized carbons (Fsp3) is 0.417. The van der Waals surface area contributed by atoms with Crippen LogP contribution in [-0.2, 0) is 22.6 Å². The van der Waals surface area contributed by atoms with Gasteiger partial charge in [0.1, 0.15) is 10.7 Å². The lowest BCUT2D eigenvalue weighted by molar-refractivity contribution is -0.120. The van der Waals surface area contributed by atoms with E-state index in [1.54, 1.807) is 29.6 Å². The second kappa shape index (κ2) is 11.8. The molecule has 0 radical (unpaired) electrons. The Labute approximate surface area is 201 Å². The number of thiazole rings is 1. The maximum Gasteiger partial charge on any atom is 0.263 e. The van der Waals surface area contributed by atoms with Gasteiger partial charge in [-0.25, -0.2) is 14.4 Å². The first-order valence-corrected chi connectivity index (χ1v) is 12.2. The van der Waals surface area contributed by atoms with Crippen LogP contribution in [-0.4, -0.2) is 46.1 Å². The van der Waals surface area contributed by atoms with E-state index in [4.69, 9.17) is 4.74 Å². The molecule has 0 spiro atoms. The first kappa shape index (κ1) is 24.0. The topological polar surface area (TPSA) is 89.4 Å². The Bertz CT molecular complexity index is 1060. The summed E-state index contributed by atoms with van der Waals surface area (Å²) in [6, 6.07) is 6.07. The minimum absolute atomic E-state index is 0.0575. The molecule has 4 rings (SSSR count). The molecule has 0 saturated carbocycles. The van der Waals surface area contributed by atoms with Gasteiger partial charge < -0.3 is 14.6 Å². The van der Waals surface area contributed by atoms with Crippen molar-refractivity contribution in [2.45, 2.75) is 38.8 Å². The number of nitrogens with one attached hydrogen (secondary N) is 1. The summed E-state index contributed by atoms with van der Waals surface area (Å²) in [5, 5.41) is 3.37. The molecular weight excluding hydrogens is 457 g/mol. The van der Waals surface area contributed by atoms with Gasteiger partial charge in [-0.15, -0.1) is 0 Å². The monoisotopic (exact) mass is 485 g/mol. The van der Waals surface area contributed by atoms with Crippen LogP contribution in [0.15, 0.2) is 49.2 Å². The number of nitrogens with zero attached hydrogens (tertiary/aromatic N) is 4. The van der Waals surface area contributed by atoms with Crippen LogP contribution >= 0.6 is 11.3 Å². The number of benzene rings is 1. The minimum Gasteiger partial charge on any atom is -0.381 e. The van der Waals surface area contributed by atoms with Gasteiger partial charge in [-0.1, -0.05) is 23.5 Å². The third-order valence-electron chi connectivity index (χ3n) is 5.75. The maximum absolute atomic E-state index is 13.4. The number of ether oxygens (including phenoxy) is 1. The van der Waals surface area contributed by atoms with E-state index in [0.717, 1.165) is 31.4 Å². The molecule has 0 unspecified atom stereocenters. The maximum atomic E-state index is 13.4. The van der Waals surface area contributed by atoms with Crippen molar-refractivity contribution in [1.29, 1.82) is 0 Å². The molecule has 1 saturated heterocycles. The fourth-order valence-electron chi connectivity index (χ4n) is 3.81. The molecule has 1 fully saturated rings. The largest absolute Gasteiger partial charge is 0.381 e. The molecule has 8 nitrogen and oxygen atoms in total. The molecule has 0 aliphatic carbocycles. The molecule has 3 heterocycles. The van der Waals surface area contributed by atoms with Crippen molar-refractivity contribution in [3.63, 3.8) is 0 Å². The first-order valence-electron chi connectivity index (χ1n) is 11.4. The highest BCUT2D eigenvalue weighted by molar-refractivity contribution is 7.17. The SMILES string of the molecule is O=C(NCCCn1ccnc1)c1cnc(N(Cc2ccc(F)cc2)C(=O)CC2CCOCC2)s1. The lowest BCUT2D eigenvalue weighted by Crippen LogP contribution is -2.33. The predicted octanol–water partition coefficient (Wildman–Crippen LogP) is 3.65. The number of imidazole rings is 1. The zero-order valence-electron chi connectivity index (χ0n) is 18.9. The lowest BCUT2D eigenvalue weighted by atomic mass is 9.96. The number of amides is 2. The van der Waals surface area contributed by atoms with Crippen molar-refractivity contribution < 1.29 is 18.7 Å². The predicted molar refractivity (Wildman–Crippen MR) is 127 cm³/mol. The average molecular weight is 486 g/mol. The standard InChI is InChI=1S/C24H28FN5O3S/c25-20-4-2-19(3-5-20)16-30(22(31)14-18-6-12-33-13-7-18)24-28-15-21(34-24)23(32)27-8-1-10-29-11-9-26-17-29/h2-5,9,11,15,17-18H,1,6-8,10,12-14,16H2,(H,27,32). The summed E-state index contributed by atoms with van der Waals surface area (Å²) in [5.74, 6) is -0.342. The quantitative estimate of drug-likeness (QED) is 0.443. The number of aromatic nitrogens is 3. The van der Waals surface area contributed by atoms with Crippen LogP contribution in [0.5, 0.6) is 0 Å². The van der Waals surface area contributed by atoms with Gasteiger partial charge in [-0.3, -0.25) is 14.5 Å². The molecule has 0 bridgehead atoms. The zero-order valence-corrected chi connectivity index (χ0v) is 19.7. The van der Waals surface area contributed by atoms with Crippen LogP contribution in [0.1, 0.15) is 40.9 Å². The number of hydrogen-bond donors (Lipinski definition) is 1. The number of hydrogen-bond acceptors (Lipinski definition) is 6. The Hall–Kier alpha value is -3.11. The summed E-state index contributed by atoms with van der Waals surface area (Å²) in [6.45, 7) is 2.88. The molecule has 34 heavy (non-hydrogen) atoms. The Balaban J connectivity index is 1.40. The molecule has 1 N–H and O–H groups in total. The van der Waals surface area contributed by atoms with Crippen molar-refractivity contribution in [2.24, 2.45) is 5.92 Å². The first-order chi connectivity index (χ1) is 16.6. The second-order valence-electron chi connectivity index (χ2n) is 8.28. The van der Waals surface area contributed by atoms with Gasteiger partial charge in [-0.05, 0) is 42.9 Å². The molecule has 1 aliphatic rings. The summed E-state index contributed by atoms with van der Waals surface area (Å²) < 4.78 is 20.7. The van der Waals surface area contributed by atoms with Crippen molar-refractivity contribution in [1.82, 2.24) is 19.9 Å². The van der Waals surface area contributed by atoms with Gasteiger partial charge in [0.25, 0.3) is 5.91 Å². The van der Waals surface area contributed by atoms with Crippen LogP contribution in [0, 0.1) is 11.7 Å². The summed E-state index contributed by atoms with van der Waals surface area (Å²) in [7, 11) is 0. The van der Waals surface area contributed by atoms with Gasteiger partial charge in [0.15, 0.2) is 5.13 Å². The molecule has 1 aliphatic heterocycles. The van der Waals surface area contributed by atoms with Gasteiger partial charge in [0, 0.05) is 45.1 Å². The second-order valence-corrected chi connectivity index (χ2v) is 9.29. The molecule has 3 aromatic rings. The molecule has 0 atom stereocenters. The van der Waals surface area contributed by atoms with Crippen molar-refractivity contribution in [3.8, 4) is 0 Å². The fourth-order valence-corrected chi connectivity index (χ4v) is 4.66. The van der Waals surface area contributed by atoms with E-state index in [1.807, 2.05) is 10.8 Å². The van der Waals surface area contributed by atoms with Crippen LogP contribution in [0.25, 0.3) is 0 Å². The van der Waals surface area contributed by atoms with Gasteiger partial charge in [-0.2, -0.15) is 0 Å². The van der Waals surface area contributed by atoms with Crippen molar-refractivity contribution in [2.75, 3.05) is 24.7 Å². The highest BCUT2D eigenvalue weighted by Crippen LogP contribution is 2.27. The number of anilines is 1. The van der Waals surface area contributed by atoms with Crippen LogP contribution in [0.4, 0.5) is 9.52 Å². The smallest absolute Gasteiger partial charge is 0.263 e. The van der Waals surface area contributed by atoms with E-state index in [0.29, 0.717) is 36.2 Å². The van der Waals surface area contributed by atoms with Gasteiger partial charge >= 0.3 is 0 Å². The average Bonchev–Trinajstić information content (AvgIpc) is 3.54. The molecule has 2 amide bonds. The summed E-state index contributed by atoms with van der Waals surface area (Å²) >= 11 is 1.19. The van der Waals surface area contributed by atoms with E-state index in [1.165, 1.54) is 29.7 Å². The molecule has 1 aromatic carbocycles. The third kappa shape index (κ3) is 6.71. The summed E-state index contributed by atoms with van der Waals surface area (Å²) in [4.78, 5) is 36.3. The van der Waals surface area contributed by atoms with E-state index < -0.39 is 0 Å². The van der Waals surface area contributed by atoms with E-state index >= 15 is 0 Å². The molecule has 2 aromatic heterocycles. The van der Waals surface area contributed by atoms with Gasteiger partial charge in [0.05, 0.1) is 19.1 Å². The number of aryl methyl sites for hydroxylation is 1. The summed E-state index contributed by atoms with van der Waals surface area (Å²) in [6.07, 6.45) is 9.70. The molecular formula is C24H28FN5O3S. The van der Waals surface area contributed by atoms with Crippen LogP contribution in [0.2, 0.25) is 0 Å². The summed E-state index contributed by atoms with van der Waals surface area (Å²) in [5.41, 5.74) is 0.794. The molecule has 10 heteroatoms. The Morgan fingerprint density at radius 1 is 1.24 bits per heavy atom. The highest BCUT2D eigenvalue weighted by Gasteiger charge is 2.25. The molecule has 180 valence electrons. The zero-order chi connectivity index (χ0) is 23.8. The van der Waals surface area contributed by atoms with Crippen LogP contribution in [0.3, 0.4) is 0 Å². The highest BCUT2D eigenvalue weighted by atomic mass is 32.1. The van der Waals surface area contributed by atoms with Crippen molar-refractivity contribution >= 4 is 28.3 Å². The Morgan fingerprint density at radius 2 is 2.03 bits per heavy atom.